The van der Waals surface area contributed by atoms with Crippen LogP contribution in [-0.4, -0.2) is 34.8 Å². The molecule has 3 N–H and O–H groups in total. The van der Waals surface area contributed by atoms with Crippen molar-refractivity contribution in [3.8, 4) is 11.5 Å². The molecule has 0 fully saturated rings. The summed E-state index contributed by atoms with van der Waals surface area (Å²) in [5.41, 5.74) is -0.0369. The Bertz CT molecular complexity index is 1340. The highest BCUT2D eigenvalue weighted by atomic mass is 35.5. The van der Waals surface area contributed by atoms with Gasteiger partial charge in [0, 0.05) is 12.6 Å². The largest absolute Gasteiger partial charge is 0.457 e. The number of hydrogen-bond donors (Lipinski definition) is 3. The van der Waals surface area contributed by atoms with Crippen LogP contribution >= 0.6 is 11.6 Å². The van der Waals surface area contributed by atoms with Gasteiger partial charge in [0.2, 0.25) is 5.91 Å². The predicted molar refractivity (Wildman–Crippen MR) is 119 cm³/mol. The summed E-state index contributed by atoms with van der Waals surface area (Å²) < 4.78 is 32.4. The van der Waals surface area contributed by atoms with Crippen LogP contribution in [0.1, 0.15) is 6.42 Å². The van der Waals surface area contributed by atoms with Crippen molar-refractivity contribution in [2.75, 3.05) is 5.75 Å². The van der Waals surface area contributed by atoms with Crippen molar-refractivity contribution in [1.82, 2.24) is 15.0 Å². The smallest absolute Gasteiger partial charge is 0.329 e. The van der Waals surface area contributed by atoms with E-state index in [1.165, 1.54) is 29.7 Å². The standard InChI is InChI=1S/C21H20ClN3O7S/c22-18-12-19(26)23-21(28)25(18)11-10-14(20(27)24-29)13-33(30,31)17-8-6-16(7-9-17)32-15-4-2-1-3-5-15/h1-9,12,14,29H,10-11,13H2,(H,24,27)(H,23,26,28)/t14-/m0/s1. The Hall–Kier alpha value is -3.41. The van der Waals surface area contributed by atoms with Gasteiger partial charge in [0.25, 0.3) is 5.56 Å². The fraction of sp³-hybridized carbons (Fsp3) is 0.190. The van der Waals surface area contributed by atoms with E-state index < -0.39 is 38.7 Å². The zero-order valence-corrected chi connectivity index (χ0v) is 18.7. The van der Waals surface area contributed by atoms with Crippen LogP contribution in [0.25, 0.3) is 0 Å². The van der Waals surface area contributed by atoms with Gasteiger partial charge >= 0.3 is 5.69 Å². The minimum Gasteiger partial charge on any atom is -0.457 e. The number of hydrogen-bond acceptors (Lipinski definition) is 7. The highest BCUT2D eigenvalue weighted by Gasteiger charge is 2.27. The zero-order valence-electron chi connectivity index (χ0n) is 17.1. The van der Waals surface area contributed by atoms with Gasteiger partial charge in [-0.25, -0.2) is 18.7 Å². The normalized spacial score (nSPS) is 12.2. The third-order valence-corrected chi connectivity index (χ3v) is 6.89. The van der Waals surface area contributed by atoms with Gasteiger partial charge in [-0.15, -0.1) is 0 Å². The summed E-state index contributed by atoms with van der Waals surface area (Å²) in [4.78, 5) is 37.3. The number of halogens is 1. The van der Waals surface area contributed by atoms with E-state index in [1.807, 2.05) is 11.1 Å². The molecule has 33 heavy (non-hydrogen) atoms. The molecule has 2 aromatic carbocycles. The first-order valence-corrected chi connectivity index (χ1v) is 11.7. The minimum atomic E-state index is -3.94. The summed E-state index contributed by atoms with van der Waals surface area (Å²) in [6.07, 6.45) is -0.146. The molecule has 3 aromatic rings. The molecule has 1 heterocycles. The van der Waals surface area contributed by atoms with Gasteiger partial charge in [-0.3, -0.25) is 24.3 Å². The quantitative estimate of drug-likeness (QED) is 0.234. The molecule has 0 aliphatic rings. The number of aromatic amines is 1. The summed E-state index contributed by atoms with van der Waals surface area (Å²) in [6.45, 7) is -0.161. The third kappa shape index (κ3) is 6.31. The van der Waals surface area contributed by atoms with Gasteiger partial charge in [0.05, 0.1) is 16.6 Å². The molecular formula is C21H20ClN3O7S. The van der Waals surface area contributed by atoms with Crippen molar-refractivity contribution in [3.05, 3.63) is 86.7 Å². The molecule has 0 radical (unpaired) electrons. The molecule has 0 saturated heterocycles. The van der Waals surface area contributed by atoms with Crippen molar-refractivity contribution in [2.24, 2.45) is 5.92 Å². The van der Waals surface area contributed by atoms with Crippen molar-refractivity contribution < 1.29 is 23.2 Å². The Balaban J connectivity index is 1.75. The minimum absolute atomic E-state index is 0.0436. The van der Waals surface area contributed by atoms with Gasteiger partial charge in [0.1, 0.15) is 16.7 Å². The van der Waals surface area contributed by atoms with Crippen LogP contribution in [0, 0.1) is 5.92 Å². The fourth-order valence-electron chi connectivity index (χ4n) is 3.07. The Labute approximate surface area is 193 Å². The average Bonchev–Trinajstić information content (AvgIpc) is 2.78. The molecule has 0 aliphatic carbocycles. The number of amides is 1. The van der Waals surface area contributed by atoms with Crippen LogP contribution in [0.2, 0.25) is 5.15 Å². The second-order valence-corrected chi connectivity index (χ2v) is 9.46. The molecule has 0 aliphatic heterocycles. The highest BCUT2D eigenvalue weighted by molar-refractivity contribution is 7.91. The Morgan fingerprint density at radius 2 is 1.73 bits per heavy atom. The lowest BCUT2D eigenvalue weighted by atomic mass is 10.1. The number of benzene rings is 2. The van der Waals surface area contributed by atoms with Crippen LogP contribution in [0.5, 0.6) is 11.5 Å². The number of nitrogens with one attached hydrogen (secondary N) is 2. The molecule has 0 spiro atoms. The topological polar surface area (TPSA) is 148 Å². The van der Waals surface area contributed by atoms with Crippen LogP contribution in [0.4, 0.5) is 0 Å². The van der Waals surface area contributed by atoms with Crippen molar-refractivity contribution in [2.45, 2.75) is 17.9 Å². The number of H-pyrrole nitrogens is 1. The molecule has 10 nitrogen and oxygen atoms in total. The molecule has 0 bridgehead atoms. The first-order chi connectivity index (χ1) is 15.7. The molecule has 1 atom stereocenters. The molecule has 0 saturated carbocycles. The number of aromatic nitrogens is 2. The van der Waals surface area contributed by atoms with Crippen molar-refractivity contribution in [1.29, 1.82) is 0 Å². The molecule has 3 rings (SSSR count). The van der Waals surface area contributed by atoms with E-state index in [-0.39, 0.29) is 23.0 Å². The zero-order chi connectivity index (χ0) is 24.0. The van der Waals surface area contributed by atoms with E-state index in [2.05, 4.69) is 0 Å². The summed E-state index contributed by atoms with van der Waals surface area (Å²) in [5, 5.41) is 8.88. The lowest BCUT2D eigenvalue weighted by molar-refractivity contribution is -0.133. The Morgan fingerprint density at radius 1 is 1.09 bits per heavy atom. The van der Waals surface area contributed by atoms with Gasteiger partial charge in [-0.2, -0.15) is 0 Å². The number of ether oxygens (including phenoxy) is 1. The van der Waals surface area contributed by atoms with E-state index in [0.29, 0.717) is 11.5 Å². The monoisotopic (exact) mass is 493 g/mol. The molecular weight excluding hydrogens is 474 g/mol. The maximum absolute atomic E-state index is 12.9. The Kier molecular flexibility index (Phi) is 7.69. The summed E-state index contributed by atoms with van der Waals surface area (Å²) in [7, 11) is -3.94. The van der Waals surface area contributed by atoms with E-state index in [1.54, 1.807) is 24.3 Å². The van der Waals surface area contributed by atoms with E-state index in [4.69, 9.17) is 21.5 Å². The van der Waals surface area contributed by atoms with Gasteiger partial charge in [-0.1, -0.05) is 29.8 Å². The van der Waals surface area contributed by atoms with Gasteiger partial charge < -0.3 is 4.74 Å². The molecule has 1 aromatic heterocycles. The lowest BCUT2D eigenvalue weighted by Gasteiger charge is -2.16. The summed E-state index contributed by atoms with van der Waals surface area (Å²) in [6, 6.07) is 15.6. The second kappa shape index (κ2) is 10.5. The van der Waals surface area contributed by atoms with Crippen molar-refractivity contribution >= 4 is 27.3 Å². The first-order valence-electron chi connectivity index (χ1n) is 9.69. The van der Waals surface area contributed by atoms with Crippen LogP contribution in [0.15, 0.2) is 75.1 Å². The summed E-state index contributed by atoms with van der Waals surface area (Å²) in [5.74, 6) is -1.75. The average molecular weight is 494 g/mol. The number of rotatable bonds is 9. The lowest BCUT2D eigenvalue weighted by Crippen LogP contribution is -2.36. The number of para-hydroxylation sites is 1. The first kappa shape index (κ1) is 24.2. The van der Waals surface area contributed by atoms with E-state index in [0.717, 1.165) is 10.6 Å². The van der Waals surface area contributed by atoms with Gasteiger partial charge in [-0.05, 0) is 42.8 Å². The second-order valence-electron chi connectivity index (χ2n) is 7.04. The van der Waals surface area contributed by atoms with Crippen molar-refractivity contribution in [3.63, 3.8) is 0 Å². The van der Waals surface area contributed by atoms with Crippen LogP contribution in [0.3, 0.4) is 0 Å². The van der Waals surface area contributed by atoms with E-state index in [9.17, 15) is 22.8 Å². The molecule has 174 valence electrons. The highest BCUT2D eigenvalue weighted by Crippen LogP contribution is 2.24. The van der Waals surface area contributed by atoms with Crippen LogP contribution in [-0.2, 0) is 21.2 Å². The van der Waals surface area contributed by atoms with E-state index >= 15 is 0 Å². The molecule has 12 heteroatoms. The fourth-order valence-corrected chi connectivity index (χ4v) is 4.92. The maximum atomic E-state index is 12.9. The molecule has 1 amide bonds. The number of nitrogens with zero attached hydrogens (tertiary/aromatic N) is 1. The SMILES string of the molecule is O=C(NO)[C@@H](CCn1c(Cl)cc(=O)[nH]c1=O)CS(=O)(=O)c1ccc(Oc2ccccc2)cc1. The number of carbonyl (C=O) groups excluding carboxylic acids is 1. The third-order valence-electron chi connectivity index (χ3n) is 4.75. The number of hydroxylamine groups is 1. The van der Waals surface area contributed by atoms with Crippen LogP contribution < -0.4 is 21.5 Å². The maximum Gasteiger partial charge on any atom is 0.329 e. The molecule has 0 unspecified atom stereocenters. The van der Waals surface area contributed by atoms with Gasteiger partial charge in [0.15, 0.2) is 9.84 Å². The summed E-state index contributed by atoms with van der Waals surface area (Å²) >= 11 is 5.90. The number of carbonyl (C=O) groups is 1. The number of sulfone groups is 1. The predicted octanol–water partition coefficient (Wildman–Crippen LogP) is 1.97. The Morgan fingerprint density at radius 3 is 2.33 bits per heavy atom.